The summed E-state index contributed by atoms with van der Waals surface area (Å²) in [5.41, 5.74) is 6.57. The van der Waals surface area contributed by atoms with Crippen LogP contribution in [0.1, 0.15) is 49.5 Å². The van der Waals surface area contributed by atoms with E-state index in [2.05, 4.69) is 31.0 Å². The summed E-state index contributed by atoms with van der Waals surface area (Å²) in [4.78, 5) is 12.2. The number of hydrogen-bond acceptors (Lipinski definition) is 2. The molecule has 4 heteroatoms. The lowest BCUT2D eigenvalue weighted by Crippen LogP contribution is -2.32. The van der Waals surface area contributed by atoms with Crippen LogP contribution in [-0.2, 0) is 0 Å². The molecule has 3 N–H and O–H groups in total. The Labute approximate surface area is 132 Å². The van der Waals surface area contributed by atoms with Crippen molar-refractivity contribution in [1.29, 1.82) is 0 Å². The zero-order chi connectivity index (χ0) is 15.8. The minimum absolute atomic E-state index is 0.105. The van der Waals surface area contributed by atoms with Crippen molar-refractivity contribution < 1.29 is 4.79 Å². The minimum atomic E-state index is -0.105. The minimum Gasteiger partial charge on any atom is -0.350 e. The maximum Gasteiger partial charge on any atom is 0.251 e. The number of carbonyl (C=O) groups is 1. The van der Waals surface area contributed by atoms with Crippen molar-refractivity contribution in [2.45, 2.75) is 39.7 Å². The first-order valence-electron chi connectivity index (χ1n) is 7.23. The smallest absolute Gasteiger partial charge is 0.251 e. The van der Waals surface area contributed by atoms with Gasteiger partial charge in [0.15, 0.2) is 0 Å². The molecule has 0 aliphatic carbocycles. The first-order chi connectivity index (χ1) is 9.93. The van der Waals surface area contributed by atoms with Gasteiger partial charge in [-0.15, -0.1) is 0 Å². The van der Waals surface area contributed by atoms with Crippen LogP contribution in [0.5, 0.6) is 0 Å². The summed E-state index contributed by atoms with van der Waals surface area (Å²) >= 11 is 6.13. The molecule has 0 bridgehead atoms. The van der Waals surface area contributed by atoms with Crippen molar-refractivity contribution in [3.8, 4) is 11.8 Å². The number of rotatable bonds is 5. The largest absolute Gasteiger partial charge is 0.350 e. The lowest BCUT2D eigenvalue weighted by molar-refractivity contribution is 0.0937. The third kappa shape index (κ3) is 6.20. The average Bonchev–Trinajstić information content (AvgIpc) is 2.43. The summed E-state index contributed by atoms with van der Waals surface area (Å²) in [6.45, 7) is 6.65. The summed E-state index contributed by atoms with van der Waals surface area (Å²) in [6, 6.07) is 5.28. The number of hydrogen-bond donors (Lipinski definition) is 2. The Morgan fingerprint density at radius 1 is 1.33 bits per heavy atom. The van der Waals surface area contributed by atoms with Crippen LogP contribution in [0.25, 0.3) is 0 Å². The molecule has 0 aromatic heterocycles. The molecule has 0 heterocycles. The Kier molecular flexibility index (Phi) is 7.28. The van der Waals surface area contributed by atoms with Gasteiger partial charge in [-0.25, -0.2) is 0 Å². The number of nitrogens with two attached hydrogens (primary N) is 1. The van der Waals surface area contributed by atoms with Gasteiger partial charge in [-0.2, -0.15) is 0 Å². The lowest BCUT2D eigenvalue weighted by Gasteiger charge is -2.15. The summed E-state index contributed by atoms with van der Waals surface area (Å²) in [5, 5.41) is 3.46. The van der Waals surface area contributed by atoms with E-state index in [-0.39, 0.29) is 18.5 Å². The van der Waals surface area contributed by atoms with E-state index in [1.54, 1.807) is 18.2 Å². The van der Waals surface area contributed by atoms with Crippen LogP contribution in [0.2, 0.25) is 5.02 Å². The molecular weight excluding hydrogens is 284 g/mol. The number of benzene rings is 1. The van der Waals surface area contributed by atoms with Crippen molar-refractivity contribution in [3.63, 3.8) is 0 Å². The van der Waals surface area contributed by atoms with Gasteiger partial charge in [0.05, 0.1) is 11.6 Å². The van der Waals surface area contributed by atoms with Crippen molar-refractivity contribution in [2.24, 2.45) is 11.7 Å². The highest BCUT2D eigenvalue weighted by Crippen LogP contribution is 2.17. The molecule has 3 nitrogen and oxygen atoms in total. The molecular formula is C17H23ClN2O. The fourth-order valence-corrected chi connectivity index (χ4v) is 2.09. The van der Waals surface area contributed by atoms with Crippen LogP contribution >= 0.6 is 11.6 Å². The highest BCUT2D eigenvalue weighted by atomic mass is 35.5. The van der Waals surface area contributed by atoms with E-state index in [0.29, 0.717) is 22.1 Å². The topological polar surface area (TPSA) is 55.1 Å². The van der Waals surface area contributed by atoms with E-state index in [1.165, 1.54) is 0 Å². The van der Waals surface area contributed by atoms with E-state index in [9.17, 15) is 4.79 Å². The second-order valence-electron chi connectivity index (χ2n) is 5.55. The second-order valence-corrected chi connectivity index (χ2v) is 5.95. The summed E-state index contributed by atoms with van der Waals surface area (Å²) in [7, 11) is 0. The number of nitrogens with one attached hydrogen (secondary N) is 1. The fourth-order valence-electron chi connectivity index (χ4n) is 1.87. The molecule has 1 unspecified atom stereocenters. The molecule has 0 saturated heterocycles. The molecule has 0 saturated carbocycles. The van der Waals surface area contributed by atoms with E-state index >= 15 is 0 Å². The van der Waals surface area contributed by atoms with Crippen LogP contribution in [0, 0.1) is 17.8 Å². The monoisotopic (exact) mass is 306 g/mol. The SMILES string of the molecule is CC(C)CCC(C)NC(=O)c1ccc(C#CCN)c(Cl)c1. The van der Waals surface area contributed by atoms with E-state index in [4.69, 9.17) is 17.3 Å². The van der Waals surface area contributed by atoms with Gasteiger partial charge in [-0.1, -0.05) is 37.3 Å². The van der Waals surface area contributed by atoms with E-state index < -0.39 is 0 Å². The molecule has 1 aromatic rings. The quantitative estimate of drug-likeness (QED) is 0.821. The molecule has 114 valence electrons. The molecule has 21 heavy (non-hydrogen) atoms. The maximum atomic E-state index is 12.2. The first-order valence-corrected chi connectivity index (χ1v) is 7.61. The van der Waals surface area contributed by atoms with E-state index in [1.807, 2.05) is 6.92 Å². The maximum absolute atomic E-state index is 12.2. The Bertz CT molecular complexity index is 543. The Morgan fingerprint density at radius 3 is 2.62 bits per heavy atom. The van der Waals surface area contributed by atoms with Gasteiger partial charge in [0, 0.05) is 17.2 Å². The van der Waals surface area contributed by atoms with Crippen LogP contribution in [0.3, 0.4) is 0 Å². The van der Waals surface area contributed by atoms with Gasteiger partial charge in [-0.3, -0.25) is 4.79 Å². The Morgan fingerprint density at radius 2 is 2.05 bits per heavy atom. The van der Waals surface area contributed by atoms with Crippen molar-refractivity contribution in [2.75, 3.05) is 6.54 Å². The predicted octanol–water partition coefficient (Wildman–Crippen LogP) is 3.20. The number of halogens is 1. The molecule has 0 aliphatic heterocycles. The second kappa shape index (κ2) is 8.71. The molecule has 1 aromatic carbocycles. The summed E-state index contributed by atoms with van der Waals surface area (Å²) < 4.78 is 0. The van der Waals surface area contributed by atoms with Crippen LogP contribution in [-0.4, -0.2) is 18.5 Å². The fraction of sp³-hybridized carbons (Fsp3) is 0.471. The molecule has 0 spiro atoms. The van der Waals surface area contributed by atoms with Gasteiger partial charge in [0.1, 0.15) is 0 Å². The molecule has 0 aliphatic rings. The highest BCUT2D eigenvalue weighted by molar-refractivity contribution is 6.32. The Hall–Kier alpha value is -1.50. The van der Waals surface area contributed by atoms with E-state index in [0.717, 1.165) is 12.8 Å². The molecule has 0 radical (unpaired) electrons. The van der Waals surface area contributed by atoms with Crippen LogP contribution < -0.4 is 11.1 Å². The lowest BCUT2D eigenvalue weighted by atomic mass is 10.0. The van der Waals surface area contributed by atoms with Gasteiger partial charge in [0.25, 0.3) is 5.91 Å². The van der Waals surface area contributed by atoms with Gasteiger partial charge in [-0.05, 0) is 43.9 Å². The third-order valence-electron chi connectivity index (χ3n) is 3.11. The van der Waals surface area contributed by atoms with Crippen molar-refractivity contribution in [1.82, 2.24) is 5.32 Å². The Balaban J connectivity index is 2.68. The molecule has 0 fully saturated rings. The third-order valence-corrected chi connectivity index (χ3v) is 3.42. The van der Waals surface area contributed by atoms with Crippen LogP contribution in [0.4, 0.5) is 0 Å². The van der Waals surface area contributed by atoms with Crippen LogP contribution in [0.15, 0.2) is 18.2 Å². The average molecular weight is 307 g/mol. The normalized spacial score (nSPS) is 11.7. The van der Waals surface area contributed by atoms with Gasteiger partial charge in [0.2, 0.25) is 0 Å². The number of carbonyl (C=O) groups excluding carboxylic acids is 1. The van der Waals surface area contributed by atoms with Gasteiger partial charge >= 0.3 is 0 Å². The molecule has 1 atom stereocenters. The summed E-state index contributed by atoms with van der Waals surface area (Å²) in [5.74, 6) is 6.15. The highest BCUT2D eigenvalue weighted by Gasteiger charge is 2.11. The zero-order valence-electron chi connectivity index (χ0n) is 12.9. The predicted molar refractivity (Wildman–Crippen MR) is 88.4 cm³/mol. The number of amides is 1. The van der Waals surface area contributed by atoms with Crippen molar-refractivity contribution >= 4 is 17.5 Å². The standard InChI is InChI=1S/C17H23ClN2O/c1-12(2)6-7-13(3)20-17(21)15-9-8-14(5-4-10-19)16(18)11-15/h8-9,11-13H,6-7,10,19H2,1-3H3,(H,20,21). The van der Waals surface area contributed by atoms with Gasteiger partial charge < -0.3 is 11.1 Å². The summed E-state index contributed by atoms with van der Waals surface area (Å²) in [6.07, 6.45) is 2.06. The van der Waals surface area contributed by atoms with Crippen molar-refractivity contribution in [3.05, 3.63) is 34.3 Å². The molecule has 1 amide bonds. The first kappa shape index (κ1) is 17.6. The molecule has 1 rings (SSSR count). The zero-order valence-corrected chi connectivity index (χ0v) is 13.6.